The first-order chi connectivity index (χ1) is 28.8. The minimum atomic E-state index is -1.22. The van der Waals surface area contributed by atoms with Gasteiger partial charge in [-0.2, -0.15) is 0 Å². The van der Waals surface area contributed by atoms with Gasteiger partial charge in [0.1, 0.15) is 24.2 Å². The lowest BCUT2D eigenvalue weighted by molar-refractivity contribution is -0.136. The highest BCUT2D eigenvalue weighted by molar-refractivity contribution is 6.02. The van der Waals surface area contributed by atoms with Gasteiger partial charge in [0.25, 0.3) is 0 Å². The topological polar surface area (TPSA) is 256 Å². The van der Waals surface area contributed by atoms with Gasteiger partial charge in [0, 0.05) is 29.9 Å². The second kappa shape index (κ2) is 21.5. The summed E-state index contributed by atoms with van der Waals surface area (Å²) in [6.45, 7) is 3.28. The number of imide groups is 1. The van der Waals surface area contributed by atoms with Crippen molar-refractivity contribution in [1.82, 2.24) is 31.6 Å². The smallest absolute Gasteiger partial charge is 0.249 e. The van der Waals surface area contributed by atoms with Gasteiger partial charge in [-0.1, -0.05) is 91.0 Å². The molecule has 5 aromatic rings. The van der Waals surface area contributed by atoms with Gasteiger partial charge in [-0.15, -0.1) is 0 Å². The Labute approximate surface area is 349 Å². The number of amides is 6. The van der Waals surface area contributed by atoms with E-state index in [2.05, 4.69) is 31.6 Å². The van der Waals surface area contributed by atoms with Gasteiger partial charge >= 0.3 is 0 Å². The molecule has 6 amide bonds. The van der Waals surface area contributed by atoms with E-state index in [4.69, 9.17) is 17.2 Å². The molecule has 0 unspecified atom stereocenters. The van der Waals surface area contributed by atoms with E-state index in [1.807, 2.05) is 72.8 Å². The van der Waals surface area contributed by atoms with Crippen LogP contribution in [0.25, 0.3) is 21.7 Å². The molecule has 0 aliphatic heterocycles. The lowest BCUT2D eigenvalue weighted by Crippen LogP contribution is -2.59. The molecule has 0 bridgehead atoms. The van der Waals surface area contributed by atoms with Crippen molar-refractivity contribution in [3.63, 3.8) is 0 Å². The molecule has 6 atom stereocenters. The van der Waals surface area contributed by atoms with E-state index in [9.17, 15) is 28.8 Å². The molecule has 0 spiro atoms. The van der Waals surface area contributed by atoms with E-state index in [1.165, 1.54) is 13.8 Å². The second-order valence-corrected chi connectivity index (χ2v) is 15.1. The maximum absolute atomic E-state index is 14.4. The molecule has 0 saturated heterocycles. The van der Waals surface area contributed by atoms with Crippen molar-refractivity contribution in [2.24, 2.45) is 17.2 Å². The third-order valence-electron chi connectivity index (χ3n) is 10.2. The van der Waals surface area contributed by atoms with Crippen LogP contribution in [0.2, 0.25) is 0 Å². The highest BCUT2D eigenvalue weighted by atomic mass is 16.2. The van der Waals surface area contributed by atoms with Crippen LogP contribution in [-0.4, -0.2) is 83.2 Å². The maximum Gasteiger partial charge on any atom is 0.249 e. The van der Waals surface area contributed by atoms with Crippen LogP contribution in [0.3, 0.4) is 0 Å². The normalized spacial score (nSPS) is 14.2. The van der Waals surface area contributed by atoms with Crippen LogP contribution in [-0.2, 0) is 48.0 Å². The number of para-hydroxylation sites is 1. The Bertz CT molecular complexity index is 2280. The second-order valence-electron chi connectivity index (χ2n) is 15.1. The Morgan fingerprint density at radius 3 is 1.93 bits per heavy atom. The number of nitrogens with two attached hydrogens (primary N) is 3. The van der Waals surface area contributed by atoms with E-state index in [0.29, 0.717) is 24.9 Å². The maximum atomic E-state index is 14.4. The summed E-state index contributed by atoms with van der Waals surface area (Å²) in [7, 11) is 0. The standard InChI is InChI=1S/C45H55N9O6/c1-27(47)40(55)54-43(58)37(18-10-11-21-46)51-44(59)38(24-29-12-4-3-5-13-29)53-45(60)39(25-33-26-49-36-17-9-8-16-34(33)36)52-41(56)28(2)50-42(57)35(48)23-30-19-20-31-14-6-7-15-32(31)22-30/h3-9,12-17,19-20,22,26-28,35,37-39,49H,10-11,18,21,23-25,46-48H2,1-2H3,(H,50,57)(H,51,59)(H,52,56)(H,53,60)(H,54,55,58)/t27-,28+,35+,37+,38+,39+/m0/s1. The number of unbranched alkanes of at least 4 members (excludes halogenated alkanes) is 1. The molecule has 4 aromatic carbocycles. The van der Waals surface area contributed by atoms with Gasteiger partial charge in [0.2, 0.25) is 35.4 Å². The Morgan fingerprint density at radius 2 is 1.22 bits per heavy atom. The predicted molar refractivity (Wildman–Crippen MR) is 231 cm³/mol. The zero-order valence-corrected chi connectivity index (χ0v) is 33.9. The summed E-state index contributed by atoms with van der Waals surface area (Å²) >= 11 is 0. The summed E-state index contributed by atoms with van der Waals surface area (Å²) < 4.78 is 0. The third-order valence-corrected chi connectivity index (χ3v) is 10.2. The Balaban J connectivity index is 1.34. The summed E-state index contributed by atoms with van der Waals surface area (Å²) in [5, 5.41) is 16.2. The van der Waals surface area contributed by atoms with E-state index in [1.54, 1.807) is 30.5 Å². The molecule has 60 heavy (non-hydrogen) atoms. The zero-order chi connectivity index (χ0) is 43.2. The fraction of sp³-hybridized carbons (Fsp3) is 0.333. The third kappa shape index (κ3) is 12.5. The number of aromatic amines is 1. The Morgan fingerprint density at radius 1 is 0.583 bits per heavy atom. The molecule has 1 aromatic heterocycles. The van der Waals surface area contributed by atoms with E-state index in [-0.39, 0.29) is 25.7 Å². The van der Waals surface area contributed by atoms with Crippen LogP contribution in [0.15, 0.2) is 103 Å². The summed E-state index contributed by atoms with van der Waals surface area (Å²) in [4.78, 5) is 84.2. The van der Waals surface area contributed by atoms with Crippen LogP contribution in [0.4, 0.5) is 0 Å². The molecule has 15 heteroatoms. The average Bonchev–Trinajstić information content (AvgIpc) is 3.65. The first-order valence-electron chi connectivity index (χ1n) is 20.2. The number of H-pyrrole nitrogens is 1. The van der Waals surface area contributed by atoms with E-state index < -0.39 is 71.7 Å². The van der Waals surface area contributed by atoms with Gasteiger partial charge < -0.3 is 43.5 Å². The van der Waals surface area contributed by atoms with Crippen molar-refractivity contribution in [2.45, 2.75) is 88.6 Å². The number of fused-ring (bicyclic) bond motifs is 2. The van der Waals surface area contributed by atoms with Crippen LogP contribution in [0.5, 0.6) is 0 Å². The molecule has 12 N–H and O–H groups in total. The SMILES string of the molecule is C[C@H](N)C(=O)NC(=O)[C@@H](CCCCN)NC(=O)[C@@H](Cc1ccccc1)NC(=O)[C@@H](Cc1c[nH]c2ccccc12)NC(=O)[C@@H](C)NC(=O)[C@H](N)Cc1ccc2ccccc2c1. The number of nitrogens with one attached hydrogen (secondary N) is 6. The molecule has 0 aliphatic carbocycles. The summed E-state index contributed by atoms with van der Waals surface area (Å²) in [6, 6.07) is 23.6. The molecular weight excluding hydrogens is 763 g/mol. The van der Waals surface area contributed by atoms with Crippen LogP contribution in [0, 0.1) is 0 Å². The molecule has 0 fully saturated rings. The van der Waals surface area contributed by atoms with E-state index in [0.717, 1.165) is 32.8 Å². The highest BCUT2D eigenvalue weighted by Gasteiger charge is 2.32. The molecule has 0 saturated carbocycles. The van der Waals surface area contributed by atoms with Crippen molar-refractivity contribution in [2.75, 3.05) is 6.54 Å². The number of rotatable bonds is 20. The predicted octanol–water partition coefficient (Wildman–Crippen LogP) is 1.75. The van der Waals surface area contributed by atoms with Crippen LogP contribution >= 0.6 is 0 Å². The van der Waals surface area contributed by atoms with Gasteiger partial charge in [0.05, 0.1) is 12.1 Å². The van der Waals surface area contributed by atoms with Gasteiger partial charge in [-0.25, -0.2) is 0 Å². The minimum Gasteiger partial charge on any atom is -0.361 e. The van der Waals surface area contributed by atoms with Gasteiger partial charge in [-0.3, -0.25) is 34.1 Å². The first-order valence-corrected chi connectivity index (χ1v) is 20.2. The summed E-state index contributed by atoms with van der Waals surface area (Å²) in [6.07, 6.45) is 3.24. The summed E-state index contributed by atoms with van der Waals surface area (Å²) in [5.74, 6) is -4.03. The fourth-order valence-electron chi connectivity index (χ4n) is 6.81. The first kappa shape index (κ1) is 44.7. The van der Waals surface area contributed by atoms with Crippen molar-refractivity contribution in [3.05, 3.63) is 120 Å². The van der Waals surface area contributed by atoms with Crippen LogP contribution in [0.1, 0.15) is 49.8 Å². The lowest BCUT2D eigenvalue weighted by Gasteiger charge is -2.26. The molecular formula is C45H55N9O6. The molecule has 15 nitrogen and oxygen atoms in total. The van der Waals surface area contributed by atoms with Gasteiger partial charge in [-0.05, 0) is 79.6 Å². The van der Waals surface area contributed by atoms with Gasteiger partial charge in [0.15, 0.2) is 0 Å². The zero-order valence-electron chi connectivity index (χ0n) is 33.9. The lowest BCUT2D eigenvalue weighted by atomic mass is 10.0. The van der Waals surface area contributed by atoms with Crippen molar-refractivity contribution >= 4 is 57.1 Å². The number of hydrogen-bond acceptors (Lipinski definition) is 9. The quantitative estimate of drug-likeness (QED) is 0.0518. The average molecular weight is 818 g/mol. The number of hydrogen-bond donors (Lipinski definition) is 9. The number of carbonyl (C=O) groups excluding carboxylic acids is 6. The number of benzene rings is 4. The monoisotopic (exact) mass is 817 g/mol. The largest absolute Gasteiger partial charge is 0.361 e. The fourth-order valence-corrected chi connectivity index (χ4v) is 6.81. The molecule has 316 valence electrons. The number of aromatic nitrogens is 1. The highest BCUT2D eigenvalue weighted by Crippen LogP contribution is 2.20. The Hall–Kier alpha value is -6.42. The van der Waals surface area contributed by atoms with Crippen molar-refractivity contribution in [1.29, 1.82) is 0 Å². The Kier molecular flexibility index (Phi) is 16.0. The van der Waals surface area contributed by atoms with Crippen LogP contribution < -0.4 is 43.8 Å². The number of carbonyl (C=O) groups is 6. The van der Waals surface area contributed by atoms with Crippen molar-refractivity contribution in [3.8, 4) is 0 Å². The van der Waals surface area contributed by atoms with Crippen molar-refractivity contribution < 1.29 is 28.8 Å². The summed E-state index contributed by atoms with van der Waals surface area (Å²) in [5.41, 5.74) is 20.8. The minimum absolute atomic E-state index is 0.0207. The molecule has 1 heterocycles. The molecule has 0 aliphatic rings. The van der Waals surface area contributed by atoms with E-state index >= 15 is 0 Å². The molecule has 5 rings (SSSR count). The molecule has 0 radical (unpaired) electrons.